The van der Waals surface area contributed by atoms with E-state index in [1.54, 1.807) is 13.8 Å². The Bertz CT molecular complexity index is 503. The van der Waals surface area contributed by atoms with Gasteiger partial charge in [0.25, 0.3) is 5.91 Å². The summed E-state index contributed by atoms with van der Waals surface area (Å²) in [5, 5.41) is 9.11. The minimum atomic E-state index is -0.934. The van der Waals surface area contributed by atoms with Crippen LogP contribution in [0.1, 0.15) is 40.3 Å². The SMILES string of the molecule is Cc1oc(C)c(C(=O)N2CCC[C@@H]2C(=O)O)c1C. The van der Waals surface area contributed by atoms with E-state index >= 15 is 0 Å². The summed E-state index contributed by atoms with van der Waals surface area (Å²) in [6.45, 7) is 5.86. The molecular weight excluding hydrogens is 234 g/mol. The highest BCUT2D eigenvalue weighted by Gasteiger charge is 2.36. The molecule has 98 valence electrons. The number of rotatable bonds is 2. The van der Waals surface area contributed by atoms with Crippen molar-refractivity contribution in [3.05, 3.63) is 22.6 Å². The van der Waals surface area contributed by atoms with Crippen LogP contribution < -0.4 is 0 Å². The second-order valence-electron chi connectivity index (χ2n) is 4.71. The zero-order chi connectivity index (χ0) is 13.4. The quantitative estimate of drug-likeness (QED) is 0.871. The lowest BCUT2D eigenvalue weighted by Crippen LogP contribution is -2.40. The summed E-state index contributed by atoms with van der Waals surface area (Å²) in [6, 6.07) is -0.702. The van der Waals surface area contributed by atoms with E-state index in [2.05, 4.69) is 0 Å². The van der Waals surface area contributed by atoms with Crippen LogP contribution >= 0.6 is 0 Å². The van der Waals surface area contributed by atoms with Crippen molar-refractivity contribution < 1.29 is 19.1 Å². The Labute approximate surface area is 105 Å². The number of carboxylic acid groups (broad SMARTS) is 1. The molecule has 1 aromatic heterocycles. The first kappa shape index (κ1) is 12.7. The van der Waals surface area contributed by atoms with Gasteiger partial charge in [0.05, 0.1) is 5.56 Å². The molecule has 0 radical (unpaired) electrons. The number of aliphatic carboxylic acids is 1. The molecule has 0 bridgehead atoms. The molecule has 1 saturated heterocycles. The zero-order valence-corrected chi connectivity index (χ0v) is 10.8. The largest absolute Gasteiger partial charge is 0.480 e. The molecule has 1 aliphatic rings. The van der Waals surface area contributed by atoms with E-state index in [4.69, 9.17) is 9.52 Å². The Kier molecular flexibility index (Phi) is 3.15. The van der Waals surface area contributed by atoms with Crippen molar-refractivity contribution in [1.82, 2.24) is 4.90 Å². The molecule has 0 aliphatic carbocycles. The normalized spacial score (nSPS) is 19.3. The molecule has 1 aromatic rings. The van der Waals surface area contributed by atoms with E-state index in [1.807, 2.05) is 6.92 Å². The van der Waals surface area contributed by atoms with Crippen LogP contribution in [0.5, 0.6) is 0 Å². The lowest BCUT2D eigenvalue weighted by atomic mass is 10.1. The number of nitrogens with zero attached hydrogens (tertiary/aromatic N) is 1. The Hall–Kier alpha value is -1.78. The predicted octanol–water partition coefficient (Wildman–Crippen LogP) is 1.89. The van der Waals surface area contributed by atoms with E-state index < -0.39 is 12.0 Å². The molecule has 1 fully saturated rings. The van der Waals surface area contributed by atoms with Crippen LogP contribution in [-0.2, 0) is 4.79 Å². The molecule has 2 heterocycles. The highest BCUT2D eigenvalue weighted by Crippen LogP contribution is 2.26. The van der Waals surface area contributed by atoms with Crippen LogP contribution in [0.25, 0.3) is 0 Å². The third-order valence-electron chi connectivity index (χ3n) is 3.57. The van der Waals surface area contributed by atoms with Crippen LogP contribution in [0.2, 0.25) is 0 Å². The lowest BCUT2D eigenvalue weighted by molar-refractivity contribution is -0.141. The maximum Gasteiger partial charge on any atom is 0.326 e. The summed E-state index contributed by atoms with van der Waals surface area (Å²) in [5.74, 6) is 0.107. The number of likely N-dealkylation sites (tertiary alicyclic amines) is 1. The summed E-state index contributed by atoms with van der Waals surface area (Å²) in [4.78, 5) is 25.0. The maximum absolute atomic E-state index is 12.4. The maximum atomic E-state index is 12.4. The monoisotopic (exact) mass is 251 g/mol. The van der Waals surface area contributed by atoms with Gasteiger partial charge in [-0.25, -0.2) is 4.79 Å². The summed E-state index contributed by atoms with van der Waals surface area (Å²) in [5.41, 5.74) is 1.31. The second-order valence-corrected chi connectivity index (χ2v) is 4.71. The molecule has 5 nitrogen and oxygen atoms in total. The Morgan fingerprint density at radius 2 is 1.94 bits per heavy atom. The average molecular weight is 251 g/mol. The highest BCUT2D eigenvalue weighted by molar-refractivity contribution is 5.99. The topological polar surface area (TPSA) is 70.8 Å². The molecule has 5 heteroatoms. The Morgan fingerprint density at radius 1 is 1.28 bits per heavy atom. The predicted molar refractivity (Wildman–Crippen MR) is 64.6 cm³/mol. The number of carboxylic acids is 1. The van der Waals surface area contributed by atoms with Gasteiger partial charge in [-0.3, -0.25) is 4.79 Å². The molecule has 1 N–H and O–H groups in total. The zero-order valence-electron chi connectivity index (χ0n) is 10.8. The van der Waals surface area contributed by atoms with Crippen LogP contribution in [0.3, 0.4) is 0 Å². The molecule has 1 aliphatic heterocycles. The lowest BCUT2D eigenvalue weighted by Gasteiger charge is -2.21. The van der Waals surface area contributed by atoms with Crippen LogP contribution in [-0.4, -0.2) is 34.5 Å². The fourth-order valence-corrected chi connectivity index (χ4v) is 2.52. The highest BCUT2D eigenvalue weighted by atomic mass is 16.4. The van der Waals surface area contributed by atoms with Gasteiger partial charge >= 0.3 is 5.97 Å². The standard InChI is InChI=1S/C13H17NO4/c1-7-8(2)18-9(3)11(7)12(15)14-6-4-5-10(14)13(16)17/h10H,4-6H2,1-3H3,(H,16,17)/t10-/m1/s1. The molecule has 18 heavy (non-hydrogen) atoms. The fourth-order valence-electron chi connectivity index (χ4n) is 2.52. The first-order valence-electron chi connectivity index (χ1n) is 6.04. The van der Waals surface area contributed by atoms with E-state index in [9.17, 15) is 9.59 Å². The number of aryl methyl sites for hydroxylation is 2. The van der Waals surface area contributed by atoms with E-state index in [0.717, 1.165) is 12.0 Å². The third-order valence-corrected chi connectivity index (χ3v) is 3.57. The number of furan rings is 1. The van der Waals surface area contributed by atoms with Gasteiger partial charge in [0.15, 0.2) is 0 Å². The number of carbonyl (C=O) groups excluding carboxylic acids is 1. The van der Waals surface area contributed by atoms with Gasteiger partial charge < -0.3 is 14.4 Å². The van der Waals surface area contributed by atoms with Crippen molar-refractivity contribution >= 4 is 11.9 Å². The van der Waals surface area contributed by atoms with Gasteiger partial charge in [0, 0.05) is 12.1 Å². The molecule has 1 amide bonds. The van der Waals surface area contributed by atoms with Crippen molar-refractivity contribution in [3.63, 3.8) is 0 Å². The van der Waals surface area contributed by atoms with E-state index in [-0.39, 0.29) is 5.91 Å². The Balaban J connectivity index is 2.34. The van der Waals surface area contributed by atoms with E-state index in [1.165, 1.54) is 4.90 Å². The van der Waals surface area contributed by atoms with Gasteiger partial charge in [-0.1, -0.05) is 0 Å². The molecule has 2 rings (SSSR count). The first-order chi connectivity index (χ1) is 8.43. The van der Waals surface area contributed by atoms with Crippen molar-refractivity contribution in [3.8, 4) is 0 Å². The van der Waals surface area contributed by atoms with Crippen LogP contribution in [0.15, 0.2) is 4.42 Å². The van der Waals surface area contributed by atoms with Gasteiger partial charge in [-0.05, 0) is 33.6 Å². The smallest absolute Gasteiger partial charge is 0.326 e. The van der Waals surface area contributed by atoms with Gasteiger partial charge in [0.1, 0.15) is 17.6 Å². The summed E-state index contributed by atoms with van der Waals surface area (Å²) in [6.07, 6.45) is 1.26. The number of carbonyl (C=O) groups is 2. The molecule has 0 aromatic carbocycles. The molecule has 0 saturated carbocycles. The molecule has 0 unspecified atom stereocenters. The van der Waals surface area contributed by atoms with Crippen molar-refractivity contribution in [2.45, 2.75) is 39.7 Å². The molecule has 0 spiro atoms. The van der Waals surface area contributed by atoms with Gasteiger partial charge in [-0.2, -0.15) is 0 Å². The third kappa shape index (κ3) is 1.89. The average Bonchev–Trinajstić information content (AvgIpc) is 2.85. The van der Waals surface area contributed by atoms with E-state index in [0.29, 0.717) is 30.0 Å². The number of hydrogen-bond donors (Lipinski definition) is 1. The summed E-state index contributed by atoms with van der Waals surface area (Å²) >= 11 is 0. The number of amides is 1. The number of hydrogen-bond acceptors (Lipinski definition) is 3. The Morgan fingerprint density at radius 3 is 2.44 bits per heavy atom. The first-order valence-corrected chi connectivity index (χ1v) is 6.04. The van der Waals surface area contributed by atoms with Crippen molar-refractivity contribution in [2.75, 3.05) is 6.54 Å². The summed E-state index contributed by atoms with van der Waals surface area (Å²) in [7, 11) is 0. The van der Waals surface area contributed by atoms with Gasteiger partial charge in [0.2, 0.25) is 0 Å². The van der Waals surface area contributed by atoms with Gasteiger partial charge in [-0.15, -0.1) is 0 Å². The minimum absolute atomic E-state index is 0.230. The van der Waals surface area contributed by atoms with Crippen molar-refractivity contribution in [1.29, 1.82) is 0 Å². The molecular formula is C13H17NO4. The van der Waals surface area contributed by atoms with Crippen LogP contribution in [0, 0.1) is 20.8 Å². The molecule has 1 atom stereocenters. The summed E-state index contributed by atoms with van der Waals surface area (Å²) < 4.78 is 5.43. The van der Waals surface area contributed by atoms with Crippen molar-refractivity contribution in [2.24, 2.45) is 0 Å². The fraction of sp³-hybridized carbons (Fsp3) is 0.538. The van der Waals surface area contributed by atoms with Crippen LogP contribution in [0.4, 0.5) is 0 Å². The minimum Gasteiger partial charge on any atom is -0.480 e. The second kappa shape index (κ2) is 4.48.